The summed E-state index contributed by atoms with van der Waals surface area (Å²) >= 11 is 0. The van der Waals surface area contributed by atoms with E-state index in [0.29, 0.717) is 30.6 Å². The Bertz CT molecular complexity index is 901. The maximum atomic E-state index is 13.2. The third-order valence-electron chi connectivity index (χ3n) is 5.34. The summed E-state index contributed by atoms with van der Waals surface area (Å²) in [4.78, 5) is 27.1. The van der Waals surface area contributed by atoms with Crippen molar-refractivity contribution in [3.63, 3.8) is 0 Å². The highest BCUT2D eigenvalue weighted by Crippen LogP contribution is 2.27. The molecular formula is C24H32N4O3. The molecule has 2 aromatic rings. The van der Waals surface area contributed by atoms with Crippen LogP contribution in [0.2, 0.25) is 0 Å². The van der Waals surface area contributed by atoms with Gasteiger partial charge in [0.25, 0.3) is 5.91 Å². The Balaban J connectivity index is 1.86. The fourth-order valence-electron chi connectivity index (χ4n) is 3.80. The monoisotopic (exact) mass is 424 g/mol. The van der Waals surface area contributed by atoms with Crippen molar-refractivity contribution in [1.29, 1.82) is 0 Å². The first-order valence-corrected chi connectivity index (χ1v) is 10.8. The third kappa shape index (κ3) is 6.06. The van der Waals surface area contributed by atoms with Crippen molar-refractivity contribution < 1.29 is 14.7 Å². The molecule has 1 saturated heterocycles. The van der Waals surface area contributed by atoms with Gasteiger partial charge in [-0.15, -0.1) is 0 Å². The second kappa shape index (κ2) is 10.4. The molecule has 1 aliphatic rings. The smallest absolute Gasteiger partial charge is 0.251 e. The molecule has 0 aromatic heterocycles. The number of aliphatic hydroxyl groups is 1. The molecule has 2 unspecified atom stereocenters. The van der Waals surface area contributed by atoms with E-state index in [0.717, 1.165) is 17.7 Å². The standard InChI is InChI=1S/C24H32N4O3/c1-16(2)26-19-12-18(13-20(14-19)28-10-6-9-23(28)30)24(31)27-21(22(29)15-25)11-17-7-4-3-5-8-17/h3-5,7-8,12-14,16,21-22,26,29H,6,9-11,15,25H2,1-2H3,(H,27,31). The van der Waals surface area contributed by atoms with Gasteiger partial charge in [0.05, 0.1) is 12.1 Å². The van der Waals surface area contributed by atoms with Gasteiger partial charge in [0.1, 0.15) is 0 Å². The Morgan fingerprint density at radius 1 is 1.19 bits per heavy atom. The first-order chi connectivity index (χ1) is 14.9. The number of hydrogen-bond acceptors (Lipinski definition) is 5. The number of anilines is 2. The zero-order valence-electron chi connectivity index (χ0n) is 18.2. The van der Waals surface area contributed by atoms with Crippen LogP contribution in [0.15, 0.2) is 48.5 Å². The van der Waals surface area contributed by atoms with Crippen LogP contribution in [0.1, 0.15) is 42.6 Å². The summed E-state index contributed by atoms with van der Waals surface area (Å²) in [6.07, 6.45) is 0.919. The Labute approximate surface area is 183 Å². The van der Waals surface area contributed by atoms with Gasteiger partial charge in [-0.25, -0.2) is 0 Å². The van der Waals surface area contributed by atoms with E-state index < -0.39 is 12.1 Å². The van der Waals surface area contributed by atoms with Crippen LogP contribution < -0.4 is 21.3 Å². The van der Waals surface area contributed by atoms with Gasteiger partial charge in [-0.2, -0.15) is 0 Å². The SMILES string of the molecule is CC(C)Nc1cc(C(=O)NC(Cc2ccccc2)C(O)CN)cc(N2CCCC2=O)c1. The molecule has 1 heterocycles. The number of rotatable bonds is 9. The van der Waals surface area contributed by atoms with Crippen LogP contribution in [0, 0.1) is 0 Å². The Kier molecular flexibility index (Phi) is 7.65. The van der Waals surface area contributed by atoms with Crippen molar-refractivity contribution in [2.75, 3.05) is 23.3 Å². The van der Waals surface area contributed by atoms with Gasteiger partial charge in [0, 0.05) is 42.5 Å². The van der Waals surface area contributed by atoms with Gasteiger partial charge in [-0.1, -0.05) is 30.3 Å². The van der Waals surface area contributed by atoms with Crippen LogP contribution >= 0.6 is 0 Å². The van der Waals surface area contributed by atoms with E-state index in [4.69, 9.17) is 5.73 Å². The minimum absolute atomic E-state index is 0.0419. The molecule has 0 bridgehead atoms. The van der Waals surface area contributed by atoms with E-state index in [1.54, 1.807) is 17.0 Å². The first-order valence-electron chi connectivity index (χ1n) is 10.8. The van der Waals surface area contributed by atoms with Crippen molar-refractivity contribution in [1.82, 2.24) is 5.32 Å². The highest BCUT2D eigenvalue weighted by atomic mass is 16.3. The van der Waals surface area contributed by atoms with Crippen molar-refractivity contribution in [2.45, 2.75) is 51.3 Å². The van der Waals surface area contributed by atoms with Crippen LogP contribution in [0.3, 0.4) is 0 Å². The Hall–Kier alpha value is -2.90. The number of nitrogens with zero attached hydrogens (tertiary/aromatic N) is 1. The molecule has 0 spiro atoms. The summed E-state index contributed by atoms with van der Waals surface area (Å²) in [5.74, 6) is -0.248. The molecular weight excluding hydrogens is 392 g/mol. The molecule has 31 heavy (non-hydrogen) atoms. The molecule has 7 heteroatoms. The van der Waals surface area contributed by atoms with Crippen molar-refractivity contribution in [3.05, 3.63) is 59.7 Å². The number of nitrogens with one attached hydrogen (secondary N) is 2. The number of hydrogen-bond donors (Lipinski definition) is 4. The lowest BCUT2D eigenvalue weighted by molar-refractivity contribution is -0.117. The number of nitrogens with two attached hydrogens (primary N) is 1. The predicted octanol–water partition coefficient (Wildman–Crippen LogP) is 2.29. The van der Waals surface area contributed by atoms with E-state index in [-0.39, 0.29) is 24.4 Å². The van der Waals surface area contributed by atoms with Gasteiger partial charge < -0.3 is 26.4 Å². The van der Waals surface area contributed by atoms with E-state index >= 15 is 0 Å². The van der Waals surface area contributed by atoms with E-state index in [2.05, 4.69) is 10.6 Å². The molecule has 7 nitrogen and oxygen atoms in total. The summed E-state index contributed by atoms with van der Waals surface area (Å²) in [7, 11) is 0. The van der Waals surface area contributed by atoms with Gasteiger partial charge in [0.15, 0.2) is 0 Å². The second-order valence-corrected chi connectivity index (χ2v) is 8.29. The molecule has 1 aliphatic heterocycles. The number of benzene rings is 2. The van der Waals surface area contributed by atoms with Crippen molar-refractivity contribution in [3.8, 4) is 0 Å². The zero-order valence-corrected chi connectivity index (χ0v) is 18.2. The molecule has 2 atom stereocenters. The highest BCUT2D eigenvalue weighted by molar-refractivity contribution is 6.00. The van der Waals surface area contributed by atoms with Crippen LogP contribution in [0.25, 0.3) is 0 Å². The Morgan fingerprint density at radius 2 is 1.94 bits per heavy atom. The van der Waals surface area contributed by atoms with E-state index in [1.807, 2.05) is 50.2 Å². The quantitative estimate of drug-likeness (QED) is 0.494. The summed E-state index contributed by atoms with van der Waals surface area (Å²) in [5, 5.41) is 16.7. The van der Waals surface area contributed by atoms with Crippen LogP contribution in [0.4, 0.5) is 11.4 Å². The molecule has 2 amide bonds. The minimum atomic E-state index is -0.874. The average molecular weight is 425 g/mol. The average Bonchev–Trinajstić information content (AvgIpc) is 3.18. The lowest BCUT2D eigenvalue weighted by atomic mass is 10.0. The van der Waals surface area contributed by atoms with Gasteiger partial charge in [-0.05, 0) is 50.5 Å². The molecule has 0 aliphatic carbocycles. The number of carbonyl (C=O) groups is 2. The largest absolute Gasteiger partial charge is 0.390 e. The fourth-order valence-corrected chi connectivity index (χ4v) is 3.80. The normalized spacial score (nSPS) is 15.8. The van der Waals surface area contributed by atoms with Gasteiger partial charge in [-0.3, -0.25) is 9.59 Å². The number of aliphatic hydroxyl groups excluding tert-OH is 1. The van der Waals surface area contributed by atoms with Gasteiger partial charge in [0.2, 0.25) is 5.91 Å². The maximum Gasteiger partial charge on any atom is 0.251 e. The predicted molar refractivity (Wildman–Crippen MR) is 123 cm³/mol. The summed E-state index contributed by atoms with van der Waals surface area (Å²) in [6.45, 7) is 4.72. The van der Waals surface area contributed by atoms with Crippen LogP contribution in [0.5, 0.6) is 0 Å². The minimum Gasteiger partial charge on any atom is -0.390 e. The number of carbonyl (C=O) groups excluding carboxylic acids is 2. The van der Waals surface area contributed by atoms with E-state index in [9.17, 15) is 14.7 Å². The van der Waals surface area contributed by atoms with Crippen molar-refractivity contribution in [2.24, 2.45) is 5.73 Å². The van der Waals surface area contributed by atoms with Crippen molar-refractivity contribution >= 4 is 23.2 Å². The molecule has 2 aromatic carbocycles. The maximum absolute atomic E-state index is 13.2. The van der Waals surface area contributed by atoms with E-state index in [1.165, 1.54) is 0 Å². The van der Waals surface area contributed by atoms with Gasteiger partial charge >= 0.3 is 0 Å². The summed E-state index contributed by atoms with van der Waals surface area (Å²) < 4.78 is 0. The second-order valence-electron chi connectivity index (χ2n) is 8.29. The molecule has 1 fully saturated rings. The van der Waals surface area contributed by atoms with Crippen LogP contribution in [-0.2, 0) is 11.2 Å². The topological polar surface area (TPSA) is 108 Å². The third-order valence-corrected chi connectivity index (χ3v) is 5.34. The lowest BCUT2D eigenvalue weighted by Gasteiger charge is -2.24. The fraction of sp³-hybridized carbons (Fsp3) is 0.417. The lowest BCUT2D eigenvalue weighted by Crippen LogP contribution is -2.47. The molecule has 3 rings (SSSR count). The summed E-state index contributed by atoms with van der Waals surface area (Å²) in [5.41, 5.74) is 8.60. The molecule has 5 N–H and O–H groups in total. The molecule has 0 saturated carbocycles. The molecule has 166 valence electrons. The zero-order chi connectivity index (χ0) is 22.4. The number of amides is 2. The molecule has 0 radical (unpaired) electrons. The first kappa shape index (κ1) is 22.8. The highest BCUT2D eigenvalue weighted by Gasteiger charge is 2.25. The van der Waals surface area contributed by atoms with Crippen LogP contribution in [-0.4, -0.2) is 48.2 Å². The summed E-state index contributed by atoms with van der Waals surface area (Å²) in [6, 6.07) is 14.7. The Morgan fingerprint density at radius 3 is 2.55 bits per heavy atom.